The molecule has 3 aromatic rings. The van der Waals surface area contributed by atoms with Crippen LogP contribution < -0.4 is 4.72 Å². The van der Waals surface area contributed by atoms with Crippen LogP contribution in [0.3, 0.4) is 0 Å². The summed E-state index contributed by atoms with van der Waals surface area (Å²) >= 11 is 0. The zero-order valence-corrected chi connectivity index (χ0v) is 18.1. The molecular weight excluding hydrogens is 396 g/mol. The number of sulfonamides is 1. The van der Waals surface area contributed by atoms with E-state index in [1.807, 2.05) is 30.3 Å². The Morgan fingerprint density at radius 2 is 1.77 bits per heavy atom. The molecule has 0 bridgehead atoms. The Morgan fingerprint density at radius 3 is 2.43 bits per heavy atom. The van der Waals surface area contributed by atoms with Crippen molar-refractivity contribution in [1.82, 2.24) is 19.5 Å². The molecule has 0 amide bonds. The second kappa shape index (κ2) is 9.10. The number of rotatable bonds is 8. The van der Waals surface area contributed by atoms with Gasteiger partial charge < -0.3 is 0 Å². The van der Waals surface area contributed by atoms with Crippen LogP contribution in [-0.2, 0) is 23.0 Å². The van der Waals surface area contributed by atoms with Gasteiger partial charge in [0.2, 0.25) is 10.0 Å². The van der Waals surface area contributed by atoms with Gasteiger partial charge in [0, 0.05) is 18.0 Å². The van der Waals surface area contributed by atoms with Gasteiger partial charge in [0.25, 0.3) is 0 Å². The van der Waals surface area contributed by atoms with Gasteiger partial charge in [-0.05, 0) is 55.2 Å². The van der Waals surface area contributed by atoms with Gasteiger partial charge in [0.1, 0.15) is 0 Å². The Morgan fingerprint density at radius 1 is 1.07 bits per heavy atom. The van der Waals surface area contributed by atoms with Crippen molar-refractivity contribution in [3.05, 3.63) is 66.1 Å². The fraction of sp³-hybridized carbons (Fsp3) is 0.391. The first-order valence-corrected chi connectivity index (χ1v) is 12.1. The van der Waals surface area contributed by atoms with E-state index in [1.54, 1.807) is 24.5 Å². The summed E-state index contributed by atoms with van der Waals surface area (Å²) in [5, 5.41) is 4.77. The number of hydrogen-bond acceptors (Lipinski definition) is 4. The van der Waals surface area contributed by atoms with Crippen molar-refractivity contribution in [1.29, 1.82) is 0 Å². The second-order valence-corrected chi connectivity index (χ2v) is 9.63. The van der Waals surface area contributed by atoms with Crippen LogP contribution in [0.1, 0.15) is 56.3 Å². The Balaban J connectivity index is 1.54. The average molecular weight is 425 g/mol. The lowest BCUT2D eigenvalue weighted by atomic mass is 10.1. The smallest absolute Gasteiger partial charge is 0.240 e. The Hall–Kier alpha value is -2.51. The fourth-order valence-corrected chi connectivity index (χ4v) is 5.07. The maximum atomic E-state index is 12.7. The summed E-state index contributed by atoms with van der Waals surface area (Å²) in [6.07, 6.45) is 10.1. The molecule has 1 saturated carbocycles. The number of aryl methyl sites for hydroxylation is 1. The third-order valence-electron chi connectivity index (χ3n) is 5.65. The number of hydrogen-bond donors (Lipinski definition) is 1. The van der Waals surface area contributed by atoms with Gasteiger partial charge in [0.05, 0.1) is 28.9 Å². The van der Waals surface area contributed by atoms with Crippen LogP contribution in [-0.4, -0.2) is 23.2 Å². The summed E-state index contributed by atoms with van der Waals surface area (Å²) in [4.78, 5) is 4.39. The Labute approximate surface area is 178 Å². The molecule has 0 spiro atoms. The molecule has 4 rings (SSSR count). The van der Waals surface area contributed by atoms with Gasteiger partial charge in [-0.2, -0.15) is 5.10 Å². The molecule has 0 aliphatic heterocycles. The van der Waals surface area contributed by atoms with Crippen molar-refractivity contribution in [2.75, 3.05) is 0 Å². The molecule has 1 aliphatic rings. The first kappa shape index (κ1) is 20.8. The minimum absolute atomic E-state index is 0.164. The molecule has 158 valence electrons. The molecule has 1 fully saturated rings. The highest BCUT2D eigenvalue weighted by Crippen LogP contribution is 2.33. The monoisotopic (exact) mass is 424 g/mol. The normalized spacial score (nSPS) is 15.0. The third kappa shape index (κ3) is 4.63. The lowest BCUT2D eigenvalue weighted by Crippen LogP contribution is -2.23. The fourth-order valence-electron chi connectivity index (χ4n) is 4.07. The summed E-state index contributed by atoms with van der Waals surface area (Å²) in [5.74, 6) is 0. The van der Waals surface area contributed by atoms with Crippen molar-refractivity contribution in [2.45, 2.75) is 62.9 Å². The summed E-state index contributed by atoms with van der Waals surface area (Å²) in [6.45, 7) is 2.27. The van der Waals surface area contributed by atoms with Crippen LogP contribution in [0.15, 0.2) is 59.8 Å². The predicted molar refractivity (Wildman–Crippen MR) is 117 cm³/mol. The van der Waals surface area contributed by atoms with E-state index in [1.165, 1.54) is 12.8 Å². The molecule has 7 heteroatoms. The van der Waals surface area contributed by atoms with Crippen LogP contribution in [0.25, 0.3) is 11.3 Å². The molecule has 30 heavy (non-hydrogen) atoms. The van der Waals surface area contributed by atoms with Crippen LogP contribution in [0.4, 0.5) is 0 Å². The second-order valence-electron chi connectivity index (χ2n) is 7.86. The molecule has 2 aromatic heterocycles. The van der Waals surface area contributed by atoms with E-state index in [4.69, 9.17) is 5.10 Å². The molecule has 0 unspecified atom stereocenters. The van der Waals surface area contributed by atoms with Crippen LogP contribution in [0.5, 0.6) is 0 Å². The number of nitrogens with zero attached hydrogens (tertiary/aromatic N) is 3. The number of benzene rings is 1. The van der Waals surface area contributed by atoms with E-state index in [0.29, 0.717) is 6.04 Å². The SMILES string of the molecule is CCCc1ccc(S(=O)(=O)NCc2cc(-c3ccncc3)n(C3CCCC3)n2)cc1. The van der Waals surface area contributed by atoms with Crippen LogP contribution in [0, 0.1) is 0 Å². The highest BCUT2D eigenvalue weighted by Gasteiger charge is 2.23. The van der Waals surface area contributed by atoms with Crippen LogP contribution in [0.2, 0.25) is 0 Å². The predicted octanol–water partition coefficient (Wildman–Crippen LogP) is 4.49. The topological polar surface area (TPSA) is 76.9 Å². The molecule has 2 heterocycles. The minimum Gasteiger partial charge on any atom is -0.265 e. The first-order valence-electron chi connectivity index (χ1n) is 10.6. The van der Waals surface area contributed by atoms with Gasteiger partial charge >= 0.3 is 0 Å². The lowest BCUT2D eigenvalue weighted by molar-refractivity contribution is 0.467. The molecule has 0 radical (unpaired) electrons. The molecular formula is C23H28N4O2S. The molecule has 6 nitrogen and oxygen atoms in total. The molecule has 1 aliphatic carbocycles. The standard InChI is InChI=1S/C23H28N4O2S/c1-2-5-18-8-10-22(11-9-18)30(28,29)25-17-20-16-23(19-12-14-24-15-13-19)27(26-20)21-6-3-4-7-21/h8-16,21,25H,2-7,17H2,1H3. The van der Waals surface area contributed by atoms with E-state index in [9.17, 15) is 8.42 Å². The molecule has 1 aromatic carbocycles. The van der Waals surface area contributed by atoms with Crippen molar-refractivity contribution in [3.63, 3.8) is 0 Å². The van der Waals surface area contributed by atoms with Gasteiger partial charge in [-0.1, -0.05) is 38.3 Å². The zero-order chi connectivity index (χ0) is 21.0. The van der Waals surface area contributed by atoms with E-state index < -0.39 is 10.0 Å². The van der Waals surface area contributed by atoms with Crippen molar-refractivity contribution < 1.29 is 8.42 Å². The molecule has 1 N–H and O–H groups in total. The van der Waals surface area contributed by atoms with Gasteiger partial charge in [0.15, 0.2) is 0 Å². The van der Waals surface area contributed by atoms with E-state index in [0.717, 1.165) is 48.2 Å². The maximum absolute atomic E-state index is 12.7. The molecule has 0 atom stereocenters. The molecule has 0 saturated heterocycles. The largest absolute Gasteiger partial charge is 0.265 e. The Kier molecular flexibility index (Phi) is 6.29. The summed E-state index contributed by atoms with van der Waals surface area (Å²) in [5.41, 5.74) is 3.93. The first-order chi connectivity index (χ1) is 14.6. The number of nitrogens with one attached hydrogen (secondary N) is 1. The summed E-state index contributed by atoms with van der Waals surface area (Å²) in [6, 6.07) is 13.4. The van der Waals surface area contributed by atoms with E-state index in [-0.39, 0.29) is 11.4 Å². The van der Waals surface area contributed by atoms with Gasteiger partial charge in [-0.3, -0.25) is 9.67 Å². The quantitative estimate of drug-likeness (QED) is 0.578. The highest BCUT2D eigenvalue weighted by molar-refractivity contribution is 7.89. The third-order valence-corrected chi connectivity index (χ3v) is 7.07. The van der Waals surface area contributed by atoms with Crippen molar-refractivity contribution in [2.24, 2.45) is 0 Å². The van der Waals surface area contributed by atoms with Crippen LogP contribution >= 0.6 is 0 Å². The average Bonchev–Trinajstić information content (AvgIpc) is 3.44. The van der Waals surface area contributed by atoms with Gasteiger partial charge in [-0.15, -0.1) is 0 Å². The van der Waals surface area contributed by atoms with E-state index >= 15 is 0 Å². The Bertz CT molecular complexity index is 1070. The highest BCUT2D eigenvalue weighted by atomic mass is 32.2. The minimum atomic E-state index is -3.59. The summed E-state index contributed by atoms with van der Waals surface area (Å²) in [7, 11) is -3.59. The lowest BCUT2D eigenvalue weighted by Gasteiger charge is -2.14. The summed E-state index contributed by atoms with van der Waals surface area (Å²) < 4.78 is 30.3. The van der Waals surface area contributed by atoms with E-state index in [2.05, 4.69) is 21.3 Å². The zero-order valence-electron chi connectivity index (χ0n) is 17.3. The van der Waals surface area contributed by atoms with Crippen molar-refractivity contribution in [3.8, 4) is 11.3 Å². The number of aromatic nitrogens is 3. The van der Waals surface area contributed by atoms with Crippen molar-refractivity contribution >= 4 is 10.0 Å². The number of pyridine rings is 1. The maximum Gasteiger partial charge on any atom is 0.240 e. The van der Waals surface area contributed by atoms with Gasteiger partial charge in [-0.25, -0.2) is 13.1 Å².